The van der Waals surface area contributed by atoms with E-state index in [2.05, 4.69) is 25.9 Å². The number of primary amides is 1. The van der Waals surface area contributed by atoms with Crippen molar-refractivity contribution in [2.24, 2.45) is 5.73 Å². The van der Waals surface area contributed by atoms with Gasteiger partial charge in [0.05, 0.1) is 5.56 Å². The van der Waals surface area contributed by atoms with Crippen LogP contribution in [0.4, 0.5) is 0 Å². The summed E-state index contributed by atoms with van der Waals surface area (Å²) >= 11 is 3.31. The number of benzene rings is 1. The topological polar surface area (TPSA) is 98.1 Å². The van der Waals surface area contributed by atoms with Gasteiger partial charge in [0.1, 0.15) is 5.65 Å². The van der Waals surface area contributed by atoms with Crippen molar-refractivity contribution in [3.8, 4) is 0 Å². The maximum Gasteiger partial charge on any atom is 0.340 e. The molecule has 1 aromatic carbocycles. The molecule has 2 aromatic heterocycles. The summed E-state index contributed by atoms with van der Waals surface area (Å²) < 4.78 is 6.10. The van der Waals surface area contributed by atoms with E-state index in [0.717, 1.165) is 4.47 Å². The molecule has 3 N–H and O–H groups in total. The molecule has 23 heavy (non-hydrogen) atoms. The van der Waals surface area contributed by atoms with Crippen LogP contribution in [0.3, 0.4) is 0 Å². The molecule has 7 heteroatoms. The summed E-state index contributed by atoms with van der Waals surface area (Å²) in [6.45, 7) is 0. The van der Waals surface area contributed by atoms with Gasteiger partial charge in [0.2, 0.25) is 6.10 Å². The predicted molar refractivity (Wildman–Crippen MR) is 87.6 cm³/mol. The minimum absolute atomic E-state index is 0.317. The van der Waals surface area contributed by atoms with Crippen LogP contribution in [0.1, 0.15) is 22.0 Å². The van der Waals surface area contributed by atoms with Gasteiger partial charge in [0, 0.05) is 27.8 Å². The molecule has 2 heterocycles. The summed E-state index contributed by atoms with van der Waals surface area (Å²) in [4.78, 5) is 31.2. The van der Waals surface area contributed by atoms with Gasteiger partial charge in [0.15, 0.2) is 0 Å². The predicted octanol–water partition coefficient (Wildman–Crippen LogP) is 2.71. The lowest BCUT2D eigenvalue weighted by molar-refractivity contribution is -0.127. The van der Waals surface area contributed by atoms with E-state index < -0.39 is 18.0 Å². The third kappa shape index (κ3) is 3.09. The van der Waals surface area contributed by atoms with Gasteiger partial charge < -0.3 is 15.5 Å². The van der Waals surface area contributed by atoms with Crippen LogP contribution in [0, 0.1) is 0 Å². The third-order valence-corrected chi connectivity index (χ3v) is 3.81. The molecule has 0 fully saturated rings. The number of amides is 1. The van der Waals surface area contributed by atoms with E-state index in [1.165, 1.54) is 12.3 Å². The van der Waals surface area contributed by atoms with E-state index in [1.54, 1.807) is 36.5 Å². The Morgan fingerprint density at radius 1 is 1.26 bits per heavy atom. The zero-order valence-electron chi connectivity index (χ0n) is 11.8. The van der Waals surface area contributed by atoms with Gasteiger partial charge >= 0.3 is 5.97 Å². The second-order valence-electron chi connectivity index (χ2n) is 4.84. The van der Waals surface area contributed by atoms with E-state index in [-0.39, 0.29) is 0 Å². The number of hydrogen-bond acceptors (Lipinski definition) is 4. The van der Waals surface area contributed by atoms with Gasteiger partial charge in [-0.05, 0) is 24.3 Å². The zero-order chi connectivity index (χ0) is 16.4. The molecular weight excluding hydrogens is 362 g/mol. The first-order valence-electron chi connectivity index (χ1n) is 6.74. The average Bonchev–Trinajstić information content (AvgIpc) is 3.00. The SMILES string of the molecule is NC(=O)C(OC(=O)c1ccnc2[nH]ccc12)c1cccc(Br)c1. The lowest BCUT2D eigenvalue weighted by Gasteiger charge is -2.15. The highest BCUT2D eigenvalue weighted by Crippen LogP contribution is 2.24. The van der Waals surface area contributed by atoms with Crippen LogP contribution < -0.4 is 5.73 Å². The minimum Gasteiger partial charge on any atom is -0.444 e. The number of carbonyl (C=O) groups is 2. The number of nitrogens with one attached hydrogen (secondary N) is 1. The van der Waals surface area contributed by atoms with E-state index >= 15 is 0 Å². The highest BCUT2D eigenvalue weighted by atomic mass is 79.9. The molecule has 0 saturated carbocycles. The number of rotatable bonds is 4. The molecule has 0 aliphatic rings. The van der Waals surface area contributed by atoms with Gasteiger partial charge in [-0.25, -0.2) is 9.78 Å². The van der Waals surface area contributed by atoms with E-state index in [1.807, 2.05) is 0 Å². The minimum atomic E-state index is -1.16. The van der Waals surface area contributed by atoms with Gasteiger partial charge in [-0.1, -0.05) is 28.1 Å². The number of pyridine rings is 1. The second-order valence-corrected chi connectivity index (χ2v) is 5.76. The van der Waals surface area contributed by atoms with Crippen LogP contribution in [0.15, 0.2) is 53.3 Å². The molecule has 3 rings (SSSR count). The molecule has 3 aromatic rings. The number of hydrogen-bond donors (Lipinski definition) is 2. The molecule has 0 radical (unpaired) electrons. The van der Waals surface area contributed by atoms with Crippen molar-refractivity contribution in [3.63, 3.8) is 0 Å². The monoisotopic (exact) mass is 373 g/mol. The Morgan fingerprint density at radius 2 is 2.09 bits per heavy atom. The first kappa shape index (κ1) is 15.2. The molecule has 0 aliphatic heterocycles. The molecular formula is C16H12BrN3O3. The molecule has 0 spiro atoms. The zero-order valence-corrected chi connectivity index (χ0v) is 13.4. The van der Waals surface area contributed by atoms with E-state index in [9.17, 15) is 9.59 Å². The van der Waals surface area contributed by atoms with Crippen molar-refractivity contribution in [1.29, 1.82) is 0 Å². The Morgan fingerprint density at radius 3 is 2.83 bits per heavy atom. The average molecular weight is 374 g/mol. The molecule has 0 saturated heterocycles. The van der Waals surface area contributed by atoms with E-state index in [0.29, 0.717) is 22.2 Å². The molecule has 1 atom stereocenters. The first-order valence-corrected chi connectivity index (χ1v) is 7.53. The van der Waals surface area contributed by atoms with Crippen LogP contribution in [-0.4, -0.2) is 21.8 Å². The molecule has 116 valence electrons. The Balaban J connectivity index is 1.93. The number of aromatic nitrogens is 2. The third-order valence-electron chi connectivity index (χ3n) is 3.31. The van der Waals surface area contributed by atoms with Gasteiger partial charge in [-0.2, -0.15) is 0 Å². The Hall–Kier alpha value is -2.67. The van der Waals surface area contributed by atoms with Crippen LogP contribution in [-0.2, 0) is 9.53 Å². The van der Waals surface area contributed by atoms with Crippen LogP contribution in [0.5, 0.6) is 0 Å². The summed E-state index contributed by atoms with van der Waals surface area (Å²) in [7, 11) is 0. The quantitative estimate of drug-likeness (QED) is 0.686. The number of halogens is 1. The Kier molecular flexibility index (Phi) is 4.12. The molecule has 1 amide bonds. The van der Waals surface area contributed by atoms with Crippen molar-refractivity contribution in [3.05, 3.63) is 64.4 Å². The standard InChI is InChI=1S/C16H12BrN3O3/c17-10-3-1-2-9(8-10)13(14(18)21)23-16(22)12-5-7-20-15-11(12)4-6-19-15/h1-8,13H,(H2,18,21)(H,19,20). The van der Waals surface area contributed by atoms with Crippen molar-refractivity contribution < 1.29 is 14.3 Å². The summed E-state index contributed by atoms with van der Waals surface area (Å²) in [6, 6.07) is 10.2. The molecule has 1 unspecified atom stereocenters. The summed E-state index contributed by atoms with van der Waals surface area (Å²) in [6.07, 6.45) is 2.00. The van der Waals surface area contributed by atoms with E-state index in [4.69, 9.17) is 10.5 Å². The van der Waals surface area contributed by atoms with Gasteiger partial charge in [-0.3, -0.25) is 4.79 Å². The lowest BCUT2D eigenvalue weighted by atomic mass is 10.1. The lowest BCUT2D eigenvalue weighted by Crippen LogP contribution is -2.26. The number of esters is 1. The maximum atomic E-state index is 12.4. The number of carbonyl (C=O) groups excluding carboxylic acids is 2. The smallest absolute Gasteiger partial charge is 0.340 e. The number of H-pyrrole nitrogens is 1. The number of nitrogens with two attached hydrogens (primary N) is 1. The van der Waals surface area contributed by atoms with Crippen molar-refractivity contribution >= 4 is 38.8 Å². The maximum absolute atomic E-state index is 12.4. The molecule has 0 bridgehead atoms. The second kappa shape index (κ2) is 6.21. The number of ether oxygens (including phenoxy) is 1. The molecule has 0 aliphatic carbocycles. The van der Waals surface area contributed by atoms with Crippen molar-refractivity contribution in [1.82, 2.24) is 9.97 Å². The number of fused-ring (bicyclic) bond motifs is 1. The Labute approximate surface area is 139 Å². The van der Waals surface area contributed by atoms with Crippen molar-refractivity contribution in [2.45, 2.75) is 6.10 Å². The van der Waals surface area contributed by atoms with Crippen LogP contribution >= 0.6 is 15.9 Å². The largest absolute Gasteiger partial charge is 0.444 e. The van der Waals surface area contributed by atoms with Crippen LogP contribution in [0.2, 0.25) is 0 Å². The summed E-state index contributed by atoms with van der Waals surface area (Å²) in [5.74, 6) is -1.38. The molecule has 6 nitrogen and oxygen atoms in total. The first-order chi connectivity index (χ1) is 11.1. The van der Waals surface area contributed by atoms with Gasteiger partial charge in [-0.15, -0.1) is 0 Å². The van der Waals surface area contributed by atoms with Gasteiger partial charge in [0.25, 0.3) is 5.91 Å². The highest BCUT2D eigenvalue weighted by Gasteiger charge is 2.24. The summed E-state index contributed by atoms with van der Waals surface area (Å²) in [5.41, 5.74) is 6.77. The highest BCUT2D eigenvalue weighted by molar-refractivity contribution is 9.10. The normalized spacial score (nSPS) is 12.0. The number of nitrogens with zero attached hydrogens (tertiary/aromatic N) is 1. The fraction of sp³-hybridized carbons (Fsp3) is 0.0625. The fourth-order valence-corrected chi connectivity index (χ4v) is 2.69. The fourth-order valence-electron chi connectivity index (χ4n) is 2.27. The summed E-state index contributed by atoms with van der Waals surface area (Å²) in [5, 5.41) is 0.620. The van der Waals surface area contributed by atoms with Crippen LogP contribution in [0.25, 0.3) is 11.0 Å². The Bertz CT molecular complexity index is 891. The number of aromatic amines is 1. The van der Waals surface area contributed by atoms with Crippen molar-refractivity contribution in [2.75, 3.05) is 0 Å².